The quantitative estimate of drug-likeness (QED) is 0.390. The van der Waals surface area contributed by atoms with Crippen molar-refractivity contribution in [2.24, 2.45) is 0 Å². The lowest BCUT2D eigenvalue weighted by atomic mass is 10.1. The van der Waals surface area contributed by atoms with Gasteiger partial charge in [0, 0.05) is 0 Å². The van der Waals surface area contributed by atoms with Crippen LogP contribution in [0, 0.1) is 0 Å². The van der Waals surface area contributed by atoms with Crippen LogP contribution >= 0.6 is 7.82 Å². The minimum Gasteiger partial charge on any atom is -0.331 e. The van der Waals surface area contributed by atoms with Crippen LogP contribution in [0.25, 0.3) is 0 Å². The van der Waals surface area contributed by atoms with E-state index in [1.165, 1.54) is 52.0 Å². The molecule has 19 heavy (non-hydrogen) atoms. The number of nitrogens with zero attached hydrogens (tertiary/aromatic N) is 1. The molecule has 0 aromatic heterocycles. The summed E-state index contributed by atoms with van der Waals surface area (Å²) in [7, 11) is 2.64. The molecular formula is C13H33NO4P+. The van der Waals surface area contributed by atoms with Crippen LogP contribution in [0.1, 0.15) is 52.4 Å². The van der Waals surface area contributed by atoms with E-state index < -0.39 is 7.82 Å². The van der Waals surface area contributed by atoms with Gasteiger partial charge in [0.1, 0.15) is 0 Å². The highest BCUT2D eigenvalue weighted by Crippen LogP contribution is 2.34. The first-order valence-corrected chi connectivity index (χ1v) is 8.66. The van der Waals surface area contributed by atoms with E-state index in [4.69, 9.17) is 9.79 Å². The third-order valence-corrected chi connectivity index (χ3v) is 3.07. The number of hydrogen-bond donors (Lipinski definition) is 2. The number of hydrogen-bond acceptors (Lipinski definition) is 2. The molecule has 0 radical (unpaired) electrons. The molecule has 0 bridgehead atoms. The van der Waals surface area contributed by atoms with Crippen molar-refractivity contribution in [1.82, 2.24) is 0 Å². The third-order valence-electron chi connectivity index (χ3n) is 2.48. The maximum absolute atomic E-state index is 9.70. The first kappa shape index (κ1) is 21.4. The van der Waals surface area contributed by atoms with Crippen LogP contribution in [0.2, 0.25) is 0 Å². The van der Waals surface area contributed by atoms with E-state index in [1.807, 2.05) is 0 Å². The van der Waals surface area contributed by atoms with Crippen LogP contribution in [-0.2, 0) is 9.09 Å². The van der Waals surface area contributed by atoms with Crippen molar-refractivity contribution in [1.29, 1.82) is 0 Å². The highest BCUT2D eigenvalue weighted by Gasteiger charge is 2.10. The Morgan fingerprint density at radius 3 is 1.74 bits per heavy atom. The number of unbranched alkanes of at least 4 members (excludes halogenated alkanes) is 5. The predicted molar refractivity (Wildman–Crippen MR) is 79.9 cm³/mol. The van der Waals surface area contributed by atoms with E-state index in [9.17, 15) is 4.57 Å². The SMILES string of the molecule is CCCCCCCC[N+](C)(C)C.CCOP(=O)(O)O. The summed E-state index contributed by atoms with van der Waals surface area (Å²) in [6.07, 6.45) is 8.48. The van der Waals surface area contributed by atoms with Crippen LogP contribution in [0.5, 0.6) is 0 Å². The number of rotatable bonds is 9. The molecule has 0 amide bonds. The molecule has 0 unspecified atom stereocenters. The summed E-state index contributed by atoms with van der Waals surface area (Å²) < 4.78 is 14.7. The molecule has 0 saturated carbocycles. The summed E-state index contributed by atoms with van der Waals surface area (Å²) in [6.45, 7) is 5.15. The average Bonchev–Trinajstić information content (AvgIpc) is 2.21. The molecule has 0 saturated heterocycles. The third kappa shape index (κ3) is 27.3. The van der Waals surface area contributed by atoms with E-state index in [0.717, 1.165) is 4.48 Å². The smallest absolute Gasteiger partial charge is 0.331 e. The van der Waals surface area contributed by atoms with Crippen LogP contribution < -0.4 is 0 Å². The second-order valence-electron chi connectivity index (χ2n) is 5.69. The van der Waals surface area contributed by atoms with Crippen LogP contribution in [0.4, 0.5) is 0 Å². The number of phosphoric acid groups is 1. The fraction of sp³-hybridized carbons (Fsp3) is 1.00. The molecule has 2 N–H and O–H groups in total. The van der Waals surface area contributed by atoms with Crippen molar-refractivity contribution in [3.63, 3.8) is 0 Å². The van der Waals surface area contributed by atoms with Gasteiger partial charge in [0.15, 0.2) is 0 Å². The van der Waals surface area contributed by atoms with Gasteiger partial charge in [0.25, 0.3) is 0 Å². The Morgan fingerprint density at radius 2 is 1.42 bits per heavy atom. The van der Waals surface area contributed by atoms with Gasteiger partial charge in [0.05, 0.1) is 34.3 Å². The molecule has 0 heterocycles. The van der Waals surface area contributed by atoms with Crippen molar-refractivity contribution in [2.75, 3.05) is 34.3 Å². The zero-order chi connectivity index (χ0) is 15.4. The fourth-order valence-corrected chi connectivity index (χ4v) is 1.87. The molecule has 118 valence electrons. The Hall–Kier alpha value is 0.0700. The summed E-state index contributed by atoms with van der Waals surface area (Å²) in [5.41, 5.74) is 0. The van der Waals surface area contributed by atoms with Crippen molar-refractivity contribution in [3.05, 3.63) is 0 Å². The van der Waals surface area contributed by atoms with E-state index in [-0.39, 0.29) is 6.61 Å². The Morgan fingerprint density at radius 1 is 0.947 bits per heavy atom. The molecule has 0 rings (SSSR count). The average molecular weight is 298 g/mol. The van der Waals surface area contributed by atoms with Crippen molar-refractivity contribution in [3.8, 4) is 0 Å². The molecule has 6 heteroatoms. The molecule has 0 aromatic carbocycles. The molecule has 0 fully saturated rings. The highest BCUT2D eigenvalue weighted by molar-refractivity contribution is 7.46. The second-order valence-corrected chi connectivity index (χ2v) is 6.93. The molecule has 0 aliphatic rings. The topological polar surface area (TPSA) is 66.8 Å². The van der Waals surface area contributed by atoms with Gasteiger partial charge in [-0.2, -0.15) is 0 Å². The molecule has 0 aromatic rings. The van der Waals surface area contributed by atoms with Crippen LogP contribution in [0.15, 0.2) is 0 Å². The van der Waals surface area contributed by atoms with Gasteiger partial charge >= 0.3 is 7.82 Å². The van der Waals surface area contributed by atoms with Gasteiger partial charge in [-0.3, -0.25) is 4.52 Å². The largest absolute Gasteiger partial charge is 0.469 e. The lowest BCUT2D eigenvalue weighted by molar-refractivity contribution is -0.870. The van der Waals surface area contributed by atoms with E-state index >= 15 is 0 Å². The van der Waals surface area contributed by atoms with Crippen LogP contribution in [0.3, 0.4) is 0 Å². The van der Waals surface area contributed by atoms with Gasteiger partial charge in [-0.25, -0.2) is 4.57 Å². The lowest BCUT2D eigenvalue weighted by Gasteiger charge is -2.23. The summed E-state index contributed by atoms with van der Waals surface area (Å²) in [6, 6.07) is 0. The summed E-state index contributed by atoms with van der Waals surface area (Å²) in [5.74, 6) is 0. The first-order valence-electron chi connectivity index (χ1n) is 7.13. The van der Waals surface area contributed by atoms with Crippen molar-refractivity contribution in [2.45, 2.75) is 52.4 Å². The number of quaternary nitrogens is 1. The first-order chi connectivity index (χ1) is 8.62. The molecule has 0 aliphatic heterocycles. The Kier molecular flexibility index (Phi) is 13.3. The Balaban J connectivity index is 0. The molecular weight excluding hydrogens is 265 g/mol. The van der Waals surface area contributed by atoms with Gasteiger partial charge < -0.3 is 14.3 Å². The van der Waals surface area contributed by atoms with E-state index in [0.29, 0.717) is 0 Å². The minimum atomic E-state index is -4.17. The fourth-order valence-electron chi connectivity index (χ4n) is 1.53. The summed E-state index contributed by atoms with van der Waals surface area (Å²) in [5, 5.41) is 0. The number of phosphoric ester groups is 1. The zero-order valence-electron chi connectivity index (χ0n) is 13.3. The standard InChI is InChI=1S/C11H26N.C2H7O4P/c1-5-6-7-8-9-10-11-12(2,3)4;1-2-6-7(3,4)5/h5-11H2,1-4H3;2H2,1H3,(H2,3,4,5)/q+1;. The normalized spacial score (nSPS) is 11.9. The van der Waals surface area contributed by atoms with Gasteiger partial charge in [-0.05, 0) is 19.8 Å². The summed E-state index contributed by atoms with van der Waals surface area (Å²) >= 11 is 0. The molecule has 5 nitrogen and oxygen atoms in total. The monoisotopic (exact) mass is 298 g/mol. The second kappa shape index (κ2) is 11.9. The Labute approximate surface area is 118 Å². The molecule has 0 spiro atoms. The summed E-state index contributed by atoms with van der Waals surface area (Å²) in [4.78, 5) is 15.8. The maximum Gasteiger partial charge on any atom is 0.469 e. The minimum absolute atomic E-state index is 0.0459. The maximum atomic E-state index is 9.70. The van der Waals surface area contributed by atoms with Crippen LogP contribution in [-0.4, -0.2) is 48.6 Å². The van der Waals surface area contributed by atoms with E-state index in [2.05, 4.69) is 32.6 Å². The lowest BCUT2D eigenvalue weighted by Crippen LogP contribution is -2.35. The van der Waals surface area contributed by atoms with Gasteiger partial charge in [-0.1, -0.05) is 32.6 Å². The Bertz CT molecular complexity index is 235. The highest BCUT2D eigenvalue weighted by atomic mass is 31.2. The predicted octanol–water partition coefficient (Wildman–Crippen LogP) is 3.17. The molecule has 0 aliphatic carbocycles. The molecule has 0 atom stereocenters. The zero-order valence-corrected chi connectivity index (χ0v) is 14.2. The van der Waals surface area contributed by atoms with Crippen molar-refractivity contribution >= 4 is 7.82 Å². The van der Waals surface area contributed by atoms with Crippen molar-refractivity contribution < 1.29 is 23.4 Å². The van der Waals surface area contributed by atoms with E-state index in [1.54, 1.807) is 0 Å². The van der Waals surface area contributed by atoms with Gasteiger partial charge in [-0.15, -0.1) is 0 Å². The van der Waals surface area contributed by atoms with Gasteiger partial charge in [0.2, 0.25) is 0 Å².